The van der Waals surface area contributed by atoms with Gasteiger partial charge in [0.25, 0.3) is 6.01 Å². The summed E-state index contributed by atoms with van der Waals surface area (Å²) in [5.41, 5.74) is 0. The van der Waals surface area contributed by atoms with E-state index in [1.807, 2.05) is 0 Å². The molecular formula is C9H15N3O. The molecule has 2 rings (SSSR count). The van der Waals surface area contributed by atoms with Crippen LogP contribution in [0.1, 0.15) is 12.8 Å². The lowest BCUT2D eigenvalue weighted by atomic mass is 9.98. The van der Waals surface area contributed by atoms with Crippen molar-refractivity contribution >= 4 is 6.01 Å². The summed E-state index contributed by atoms with van der Waals surface area (Å²) in [4.78, 5) is 4.01. The molecule has 1 aliphatic rings. The molecule has 1 aromatic heterocycles. The van der Waals surface area contributed by atoms with Gasteiger partial charge < -0.3 is 15.1 Å². The minimum absolute atomic E-state index is 0.638. The SMILES string of the molecule is c1coc(NCC2CCNCC2)n1. The average molecular weight is 181 g/mol. The van der Waals surface area contributed by atoms with Crippen LogP contribution >= 0.6 is 0 Å². The molecule has 0 saturated carbocycles. The number of piperidine rings is 1. The summed E-state index contributed by atoms with van der Waals surface area (Å²) in [5, 5.41) is 6.53. The van der Waals surface area contributed by atoms with Crippen LogP contribution in [0.25, 0.3) is 0 Å². The Hall–Kier alpha value is -1.03. The second-order valence-electron chi connectivity index (χ2n) is 3.41. The number of hydrogen-bond donors (Lipinski definition) is 2. The Morgan fingerprint density at radius 2 is 2.38 bits per heavy atom. The van der Waals surface area contributed by atoms with E-state index in [2.05, 4.69) is 15.6 Å². The third kappa shape index (κ3) is 2.45. The van der Waals surface area contributed by atoms with Crippen molar-refractivity contribution in [2.75, 3.05) is 25.0 Å². The Morgan fingerprint density at radius 1 is 1.54 bits per heavy atom. The molecule has 4 nitrogen and oxygen atoms in total. The second kappa shape index (κ2) is 4.28. The molecule has 0 radical (unpaired) electrons. The Balaban J connectivity index is 1.72. The Kier molecular flexibility index (Phi) is 2.82. The lowest BCUT2D eigenvalue weighted by Gasteiger charge is -2.22. The molecule has 72 valence electrons. The lowest BCUT2D eigenvalue weighted by Crippen LogP contribution is -2.31. The number of nitrogens with one attached hydrogen (secondary N) is 2. The third-order valence-corrected chi connectivity index (χ3v) is 2.43. The van der Waals surface area contributed by atoms with E-state index in [0.29, 0.717) is 6.01 Å². The monoisotopic (exact) mass is 181 g/mol. The molecule has 0 spiro atoms. The number of anilines is 1. The minimum atomic E-state index is 0.638. The molecule has 1 fully saturated rings. The van der Waals surface area contributed by atoms with Crippen molar-refractivity contribution < 1.29 is 4.42 Å². The van der Waals surface area contributed by atoms with Crippen LogP contribution in [0.3, 0.4) is 0 Å². The highest BCUT2D eigenvalue weighted by Crippen LogP contribution is 2.12. The highest BCUT2D eigenvalue weighted by atomic mass is 16.4. The number of nitrogens with zero attached hydrogens (tertiary/aromatic N) is 1. The molecule has 2 heterocycles. The maximum atomic E-state index is 5.09. The quantitative estimate of drug-likeness (QED) is 0.732. The molecule has 13 heavy (non-hydrogen) atoms. The van der Waals surface area contributed by atoms with Gasteiger partial charge in [-0.05, 0) is 31.8 Å². The van der Waals surface area contributed by atoms with Gasteiger partial charge in [0.05, 0.1) is 6.20 Å². The molecule has 2 N–H and O–H groups in total. The Morgan fingerprint density at radius 3 is 3.08 bits per heavy atom. The smallest absolute Gasteiger partial charge is 0.294 e. The fourth-order valence-electron chi connectivity index (χ4n) is 1.63. The van der Waals surface area contributed by atoms with Crippen LogP contribution in [0.15, 0.2) is 16.9 Å². The van der Waals surface area contributed by atoms with Crippen molar-refractivity contribution in [3.05, 3.63) is 12.5 Å². The van der Waals surface area contributed by atoms with Crippen LogP contribution in [-0.4, -0.2) is 24.6 Å². The van der Waals surface area contributed by atoms with Crippen LogP contribution in [0.2, 0.25) is 0 Å². The lowest BCUT2D eigenvalue weighted by molar-refractivity contribution is 0.386. The average Bonchev–Trinajstić information content (AvgIpc) is 2.69. The maximum Gasteiger partial charge on any atom is 0.294 e. The van der Waals surface area contributed by atoms with Gasteiger partial charge in [0, 0.05) is 6.54 Å². The van der Waals surface area contributed by atoms with Crippen LogP contribution in [0.5, 0.6) is 0 Å². The zero-order valence-electron chi connectivity index (χ0n) is 7.62. The highest BCUT2D eigenvalue weighted by Gasteiger charge is 2.12. The normalized spacial score (nSPS) is 18.8. The van der Waals surface area contributed by atoms with Crippen molar-refractivity contribution in [2.24, 2.45) is 5.92 Å². The van der Waals surface area contributed by atoms with Crippen molar-refractivity contribution in [3.8, 4) is 0 Å². The zero-order valence-corrected chi connectivity index (χ0v) is 7.62. The summed E-state index contributed by atoms with van der Waals surface area (Å²) in [6, 6.07) is 0.638. The molecule has 0 amide bonds. The molecular weight excluding hydrogens is 166 g/mol. The summed E-state index contributed by atoms with van der Waals surface area (Å²) < 4.78 is 5.09. The molecule has 0 atom stereocenters. The third-order valence-electron chi connectivity index (χ3n) is 2.43. The first kappa shape index (κ1) is 8.56. The zero-order chi connectivity index (χ0) is 8.93. The number of rotatable bonds is 3. The molecule has 1 saturated heterocycles. The van der Waals surface area contributed by atoms with E-state index in [1.165, 1.54) is 12.8 Å². The van der Waals surface area contributed by atoms with Crippen molar-refractivity contribution in [3.63, 3.8) is 0 Å². The van der Waals surface area contributed by atoms with Crippen LogP contribution < -0.4 is 10.6 Å². The molecule has 4 heteroatoms. The van der Waals surface area contributed by atoms with E-state index in [1.54, 1.807) is 12.5 Å². The van der Waals surface area contributed by atoms with Gasteiger partial charge in [-0.3, -0.25) is 0 Å². The number of oxazole rings is 1. The largest absolute Gasteiger partial charge is 0.432 e. The van der Waals surface area contributed by atoms with E-state index in [9.17, 15) is 0 Å². The summed E-state index contributed by atoms with van der Waals surface area (Å²) in [5.74, 6) is 0.758. The Bertz CT molecular complexity index is 229. The predicted molar refractivity (Wildman–Crippen MR) is 50.6 cm³/mol. The summed E-state index contributed by atoms with van der Waals surface area (Å²) in [6.45, 7) is 3.25. The molecule has 0 aliphatic carbocycles. The molecule has 0 aromatic carbocycles. The first-order valence-electron chi connectivity index (χ1n) is 4.79. The van der Waals surface area contributed by atoms with E-state index in [-0.39, 0.29) is 0 Å². The van der Waals surface area contributed by atoms with Crippen molar-refractivity contribution in [1.82, 2.24) is 10.3 Å². The van der Waals surface area contributed by atoms with E-state index in [4.69, 9.17) is 4.42 Å². The van der Waals surface area contributed by atoms with Gasteiger partial charge in [0.15, 0.2) is 0 Å². The summed E-state index contributed by atoms with van der Waals surface area (Å²) in [6.07, 6.45) is 5.73. The number of aromatic nitrogens is 1. The van der Waals surface area contributed by atoms with E-state index < -0.39 is 0 Å². The molecule has 1 aromatic rings. The van der Waals surface area contributed by atoms with Crippen molar-refractivity contribution in [2.45, 2.75) is 12.8 Å². The first-order valence-corrected chi connectivity index (χ1v) is 4.79. The van der Waals surface area contributed by atoms with Gasteiger partial charge >= 0.3 is 0 Å². The van der Waals surface area contributed by atoms with Crippen LogP contribution in [-0.2, 0) is 0 Å². The van der Waals surface area contributed by atoms with Gasteiger partial charge in [-0.15, -0.1) is 0 Å². The van der Waals surface area contributed by atoms with Gasteiger partial charge in [0.2, 0.25) is 0 Å². The predicted octanol–water partition coefficient (Wildman–Crippen LogP) is 1.09. The van der Waals surface area contributed by atoms with Crippen LogP contribution in [0, 0.1) is 5.92 Å². The topological polar surface area (TPSA) is 50.1 Å². The minimum Gasteiger partial charge on any atom is -0.432 e. The highest BCUT2D eigenvalue weighted by molar-refractivity contribution is 5.17. The molecule has 1 aliphatic heterocycles. The second-order valence-corrected chi connectivity index (χ2v) is 3.41. The fourth-order valence-corrected chi connectivity index (χ4v) is 1.63. The van der Waals surface area contributed by atoms with E-state index >= 15 is 0 Å². The number of hydrogen-bond acceptors (Lipinski definition) is 4. The van der Waals surface area contributed by atoms with Crippen molar-refractivity contribution in [1.29, 1.82) is 0 Å². The maximum absolute atomic E-state index is 5.09. The molecule has 0 unspecified atom stereocenters. The van der Waals surface area contributed by atoms with Crippen LogP contribution in [0.4, 0.5) is 6.01 Å². The summed E-state index contributed by atoms with van der Waals surface area (Å²) >= 11 is 0. The van der Waals surface area contributed by atoms with Gasteiger partial charge in [-0.25, -0.2) is 4.98 Å². The molecule has 0 bridgehead atoms. The summed E-state index contributed by atoms with van der Waals surface area (Å²) in [7, 11) is 0. The van der Waals surface area contributed by atoms with Gasteiger partial charge in [-0.1, -0.05) is 0 Å². The van der Waals surface area contributed by atoms with Gasteiger partial charge in [0.1, 0.15) is 6.26 Å². The van der Waals surface area contributed by atoms with Gasteiger partial charge in [-0.2, -0.15) is 0 Å². The standard InChI is InChI=1S/C9H15N3O/c1-3-10-4-2-8(1)7-12-9-11-5-6-13-9/h5-6,8,10H,1-4,7H2,(H,11,12). The van der Waals surface area contributed by atoms with E-state index in [0.717, 1.165) is 25.6 Å². The first-order chi connectivity index (χ1) is 6.45. The Labute approximate surface area is 77.7 Å². The fraction of sp³-hybridized carbons (Fsp3) is 0.667.